The molecule has 0 fully saturated rings. The molecular weight excluding hydrogens is 188 g/mol. The third-order valence-corrected chi connectivity index (χ3v) is 2.53. The van der Waals surface area contributed by atoms with E-state index in [1.54, 1.807) is 31.2 Å². The van der Waals surface area contributed by atoms with E-state index in [-0.39, 0.29) is 0 Å². The van der Waals surface area contributed by atoms with Crippen molar-refractivity contribution >= 4 is 15.9 Å². The summed E-state index contributed by atoms with van der Waals surface area (Å²) < 4.78 is 27.1. The van der Waals surface area contributed by atoms with Crippen LogP contribution in [0.15, 0.2) is 30.3 Å². The molecule has 5 heteroatoms. The second-order valence-corrected chi connectivity index (χ2v) is 3.97. The molecule has 0 atom stereocenters. The molecule has 1 rings (SSSR count). The lowest BCUT2D eigenvalue weighted by atomic mass is 10.3. The van der Waals surface area contributed by atoms with E-state index in [1.807, 2.05) is 6.07 Å². The van der Waals surface area contributed by atoms with E-state index in [2.05, 4.69) is 9.44 Å². The van der Waals surface area contributed by atoms with E-state index >= 15 is 0 Å². The first-order valence-electron chi connectivity index (χ1n) is 3.96. The molecule has 13 heavy (non-hydrogen) atoms. The molecule has 0 spiro atoms. The van der Waals surface area contributed by atoms with E-state index in [1.165, 1.54) is 0 Å². The molecule has 0 aromatic heterocycles. The van der Waals surface area contributed by atoms with E-state index in [0.717, 1.165) is 0 Å². The molecule has 0 aliphatic carbocycles. The summed E-state index contributed by atoms with van der Waals surface area (Å²) in [5.41, 5.74) is 0.559. The van der Waals surface area contributed by atoms with E-state index in [4.69, 9.17) is 0 Å². The lowest BCUT2D eigenvalue weighted by Crippen LogP contribution is -2.29. The smallest absolute Gasteiger partial charge is 0.271 e. The van der Waals surface area contributed by atoms with Crippen molar-refractivity contribution in [3.05, 3.63) is 30.3 Å². The molecule has 0 amide bonds. The monoisotopic (exact) mass is 200 g/mol. The molecule has 4 nitrogen and oxygen atoms in total. The van der Waals surface area contributed by atoms with Crippen LogP contribution in [0.25, 0.3) is 0 Å². The average molecular weight is 200 g/mol. The lowest BCUT2D eigenvalue weighted by Gasteiger charge is -2.06. The Hall–Kier alpha value is -1.07. The van der Waals surface area contributed by atoms with Gasteiger partial charge in [0.2, 0.25) is 0 Å². The fourth-order valence-corrected chi connectivity index (χ4v) is 1.79. The van der Waals surface area contributed by atoms with E-state index in [0.29, 0.717) is 12.2 Å². The van der Waals surface area contributed by atoms with Crippen LogP contribution >= 0.6 is 0 Å². The van der Waals surface area contributed by atoms with Crippen molar-refractivity contribution in [3.8, 4) is 0 Å². The molecule has 0 saturated heterocycles. The number of benzene rings is 1. The predicted molar refractivity (Wildman–Crippen MR) is 52.7 cm³/mol. The first kappa shape index (κ1) is 10.0. The second-order valence-electron chi connectivity index (χ2n) is 2.47. The Bertz CT molecular complexity index is 348. The Labute approximate surface area is 78.2 Å². The van der Waals surface area contributed by atoms with Gasteiger partial charge in [0, 0.05) is 12.2 Å². The molecule has 2 N–H and O–H groups in total. The molecular formula is C8H12N2O2S. The maximum atomic E-state index is 11.2. The van der Waals surface area contributed by atoms with Gasteiger partial charge in [0.25, 0.3) is 10.2 Å². The van der Waals surface area contributed by atoms with Crippen molar-refractivity contribution < 1.29 is 8.42 Å². The Morgan fingerprint density at radius 2 is 1.85 bits per heavy atom. The summed E-state index contributed by atoms with van der Waals surface area (Å²) in [6.07, 6.45) is 0. The second kappa shape index (κ2) is 4.25. The van der Waals surface area contributed by atoms with Gasteiger partial charge in [-0.05, 0) is 12.1 Å². The molecule has 0 heterocycles. The summed E-state index contributed by atoms with van der Waals surface area (Å²) in [6.45, 7) is 2.10. The average Bonchev–Trinajstić information content (AvgIpc) is 2.04. The van der Waals surface area contributed by atoms with Crippen LogP contribution in [0.2, 0.25) is 0 Å². The zero-order valence-electron chi connectivity index (χ0n) is 7.32. The molecule has 72 valence electrons. The van der Waals surface area contributed by atoms with Crippen LogP contribution in [0.5, 0.6) is 0 Å². The van der Waals surface area contributed by atoms with Crippen LogP contribution in [0.4, 0.5) is 5.69 Å². The SMILES string of the molecule is CCNS(=O)(=O)Nc1ccccc1. The Kier molecular flexibility index (Phi) is 3.27. The third kappa shape index (κ3) is 3.43. The zero-order valence-corrected chi connectivity index (χ0v) is 8.14. The van der Waals surface area contributed by atoms with Gasteiger partial charge in [-0.2, -0.15) is 13.1 Å². The first-order chi connectivity index (χ1) is 6.14. The molecule has 0 bridgehead atoms. The Morgan fingerprint density at radius 3 is 2.38 bits per heavy atom. The first-order valence-corrected chi connectivity index (χ1v) is 5.45. The summed E-state index contributed by atoms with van der Waals surface area (Å²) in [4.78, 5) is 0. The summed E-state index contributed by atoms with van der Waals surface area (Å²) in [5, 5.41) is 0. The topological polar surface area (TPSA) is 58.2 Å². The minimum atomic E-state index is -3.38. The molecule has 0 aliphatic heterocycles. The van der Waals surface area contributed by atoms with Gasteiger partial charge in [0.15, 0.2) is 0 Å². The van der Waals surface area contributed by atoms with Crippen LogP contribution in [-0.2, 0) is 10.2 Å². The van der Waals surface area contributed by atoms with Crippen molar-refractivity contribution in [1.82, 2.24) is 4.72 Å². The number of nitrogens with one attached hydrogen (secondary N) is 2. The maximum absolute atomic E-state index is 11.2. The minimum absolute atomic E-state index is 0.377. The van der Waals surface area contributed by atoms with Crippen molar-refractivity contribution in [2.75, 3.05) is 11.3 Å². The van der Waals surface area contributed by atoms with Crippen molar-refractivity contribution in [3.63, 3.8) is 0 Å². The van der Waals surface area contributed by atoms with Crippen molar-refractivity contribution in [2.45, 2.75) is 6.92 Å². The van der Waals surface area contributed by atoms with Gasteiger partial charge in [-0.15, -0.1) is 0 Å². The normalized spacial score (nSPS) is 11.2. The van der Waals surface area contributed by atoms with Gasteiger partial charge in [0.1, 0.15) is 0 Å². The highest BCUT2D eigenvalue weighted by molar-refractivity contribution is 7.90. The molecule has 0 unspecified atom stereocenters. The van der Waals surface area contributed by atoms with Gasteiger partial charge in [0.05, 0.1) is 0 Å². The van der Waals surface area contributed by atoms with Crippen LogP contribution in [0.3, 0.4) is 0 Å². The lowest BCUT2D eigenvalue weighted by molar-refractivity contribution is 0.589. The fourth-order valence-electron chi connectivity index (χ4n) is 0.887. The highest BCUT2D eigenvalue weighted by Gasteiger charge is 2.05. The van der Waals surface area contributed by atoms with Crippen LogP contribution < -0.4 is 9.44 Å². The Balaban J connectivity index is 2.70. The predicted octanol–water partition coefficient (Wildman–Crippen LogP) is 0.953. The summed E-state index contributed by atoms with van der Waals surface area (Å²) in [6, 6.07) is 8.74. The summed E-state index contributed by atoms with van der Waals surface area (Å²) >= 11 is 0. The van der Waals surface area contributed by atoms with Gasteiger partial charge < -0.3 is 0 Å². The van der Waals surface area contributed by atoms with Gasteiger partial charge in [-0.3, -0.25) is 4.72 Å². The number of hydrogen-bond donors (Lipinski definition) is 2. The van der Waals surface area contributed by atoms with E-state index in [9.17, 15) is 8.42 Å². The Morgan fingerprint density at radius 1 is 1.23 bits per heavy atom. The van der Waals surface area contributed by atoms with Gasteiger partial charge >= 0.3 is 0 Å². The van der Waals surface area contributed by atoms with Gasteiger partial charge in [-0.1, -0.05) is 25.1 Å². The highest BCUT2D eigenvalue weighted by Crippen LogP contribution is 2.05. The third-order valence-electron chi connectivity index (χ3n) is 1.36. The van der Waals surface area contributed by atoms with Crippen LogP contribution in [0, 0.1) is 0 Å². The molecule has 0 saturated carbocycles. The zero-order chi connectivity index (χ0) is 9.73. The van der Waals surface area contributed by atoms with Crippen LogP contribution in [-0.4, -0.2) is 15.0 Å². The van der Waals surface area contributed by atoms with E-state index < -0.39 is 10.2 Å². The largest absolute Gasteiger partial charge is 0.299 e. The quantitative estimate of drug-likeness (QED) is 0.760. The highest BCUT2D eigenvalue weighted by atomic mass is 32.2. The minimum Gasteiger partial charge on any atom is -0.271 e. The number of rotatable bonds is 4. The summed E-state index contributed by atoms with van der Waals surface area (Å²) in [5.74, 6) is 0. The molecule has 0 radical (unpaired) electrons. The fraction of sp³-hybridized carbons (Fsp3) is 0.250. The standard InChI is InChI=1S/C8H12N2O2S/c1-2-9-13(11,12)10-8-6-4-3-5-7-8/h3-7,9-10H,2H2,1H3. The van der Waals surface area contributed by atoms with Gasteiger partial charge in [-0.25, -0.2) is 0 Å². The van der Waals surface area contributed by atoms with Crippen molar-refractivity contribution in [1.29, 1.82) is 0 Å². The van der Waals surface area contributed by atoms with Crippen molar-refractivity contribution in [2.24, 2.45) is 0 Å². The maximum Gasteiger partial charge on any atom is 0.299 e. The number of para-hydroxylation sites is 1. The number of hydrogen-bond acceptors (Lipinski definition) is 2. The molecule has 1 aromatic carbocycles. The van der Waals surface area contributed by atoms with Crippen LogP contribution in [0.1, 0.15) is 6.92 Å². The summed E-state index contributed by atoms with van der Waals surface area (Å²) in [7, 11) is -3.38. The molecule has 1 aromatic rings. The molecule has 0 aliphatic rings. The number of anilines is 1.